The smallest absolute Gasteiger partial charge is 0.258 e. The molecule has 0 unspecified atom stereocenters. The number of amides is 1. The molecule has 2 aromatic carbocycles. The number of anilines is 2. The number of aromatic nitrogens is 1. The van der Waals surface area contributed by atoms with Gasteiger partial charge in [0.25, 0.3) is 5.91 Å². The molecule has 1 amide bonds. The van der Waals surface area contributed by atoms with Crippen LogP contribution in [-0.4, -0.2) is 24.0 Å². The van der Waals surface area contributed by atoms with Crippen LogP contribution in [0.5, 0.6) is 0 Å². The Labute approximate surface area is 164 Å². The van der Waals surface area contributed by atoms with Crippen LogP contribution in [0.15, 0.2) is 72.9 Å². The molecule has 0 spiro atoms. The van der Waals surface area contributed by atoms with E-state index in [4.69, 9.17) is 11.6 Å². The normalized spacial score (nSPS) is 10.4. The Balaban J connectivity index is 1.66. The largest absolute Gasteiger partial charge is 0.370 e. The van der Waals surface area contributed by atoms with Crippen molar-refractivity contribution in [2.24, 2.45) is 0 Å². The van der Waals surface area contributed by atoms with Crippen LogP contribution < -0.4 is 10.2 Å². The molecule has 0 aliphatic rings. The maximum absolute atomic E-state index is 12.9. The lowest BCUT2D eigenvalue weighted by Gasteiger charge is -2.21. The number of pyridine rings is 1. The molecule has 1 aromatic heterocycles. The van der Waals surface area contributed by atoms with Gasteiger partial charge in [-0.3, -0.25) is 4.79 Å². The number of rotatable bonds is 7. The molecule has 0 atom stereocenters. The molecule has 0 aliphatic heterocycles. The summed E-state index contributed by atoms with van der Waals surface area (Å²) in [5, 5.41) is 4.01. The quantitative estimate of drug-likeness (QED) is 0.624. The second-order valence-corrected chi connectivity index (χ2v) is 6.56. The van der Waals surface area contributed by atoms with Gasteiger partial charge >= 0.3 is 0 Å². The molecule has 0 saturated carbocycles. The summed E-state index contributed by atoms with van der Waals surface area (Å²) in [7, 11) is 0. The highest BCUT2D eigenvalue weighted by Gasteiger charge is 2.16. The fourth-order valence-corrected chi connectivity index (χ4v) is 3.11. The van der Waals surface area contributed by atoms with Gasteiger partial charge in [-0.1, -0.05) is 41.9 Å². The summed E-state index contributed by atoms with van der Waals surface area (Å²) in [6, 6.07) is 21.0. The lowest BCUT2D eigenvalue weighted by Crippen LogP contribution is -2.30. The van der Waals surface area contributed by atoms with Gasteiger partial charge in [0.1, 0.15) is 5.82 Å². The van der Waals surface area contributed by atoms with Crippen LogP contribution in [0.25, 0.3) is 0 Å². The molecule has 0 fully saturated rings. The first-order valence-electron chi connectivity index (χ1n) is 8.98. The van der Waals surface area contributed by atoms with Gasteiger partial charge in [0.15, 0.2) is 0 Å². The maximum Gasteiger partial charge on any atom is 0.258 e. The minimum Gasteiger partial charge on any atom is -0.370 e. The zero-order valence-electron chi connectivity index (χ0n) is 15.2. The van der Waals surface area contributed by atoms with Crippen molar-refractivity contribution in [1.82, 2.24) is 4.98 Å². The molecular weight excluding hydrogens is 358 g/mol. The van der Waals surface area contributed by atoms with Gasteiger partial charge in [0, 0.05) is 35.6 Å². The lowest BCUT2D eigenvalue weighted by molar-refractivity contribution is 0.0988. The molecule has 4 nitrogen and oxygen atoms in total. The lowest BCUT2D eigenvalue weighted by atomic mass is 10.1. The summed E-state index contributed by atoms with van der Waals surface area (Å²) in [4.78, 5) is 19.0. The summed E-state index contributed by atoms with van der Waals surface area (Å²) in [5.41, 5.74) is 2.65. The van der Waals surface area contributed by atoms with Crippen LogP contribution in [0.2, 0.25) is 5.02 Å². The molecule has 5 heteroatoms. The van der Waals surface area contributed by atoms with Crippen LogP contribution in [0.3, 0.4) is 0 Å². The van der Waals surface area contributed by atoms with Crippen molar-refractivity contribution >= 4 is 29.0 Å². The van der Waals surface area contributed by atoms with E-state index in [2.05, 4.69) is 10.3 Å². The van der Waals surface area contributed by atoms with E-state index in [9.17, 15) is 4.79 Å². The van der Waals surface area contributed by atoms with E-state index in [0.29, 0.717) is 24.5 Å². The fraction of sp³-hybridized carbons (Fsp3) is 0.182. The molecule has 3 aromatic rings. The zero-order chi connectivity index (χ0) is 19.1. The van der Waals surface area contributed by atoms with Crippen LogP contribution in [0.1, 0.15) is 22.8 Å². The van der Waals surface area contributed by atoms with Crippen molar-refractivity contribution in [1.29, 1.82) is 0 Å². The summed E-state index contributed by atoms with van der Waals surface area (Å²) in [6.45, 7) is 3.28. The minimum absolute atomic E-state index is 0.0380. The molecular formula is C22H22ClN3O. The number of carbonyl (C=O) groups excluding carboxylic acids is 1. The SMILES string of the molecule is CCN(C(=O)c1ccnc(NCCc2cccc(Cl)c2)c1)c1ccccc1. The first-order valence-corrected chi connectivity index (χ1v) is 9.36. The van der Waals surface area contributed by atoms with Crippen LogP contribution >= 0.6 is 11.6 Å². The molecule has 0 bridgehead atoms. The zero-order valence-corrected chi connectivity index (χ0v) is 16.0. The highest BCUT2D eigenvalue weighted by Crippen LogP contribution is 2.18. The molecule has 27 heavy (non-hydrogen) atoms. The topological polar surface area (TPSA) is 45.2 Å². The second kappa shape index (κ2) is 9.19. The predicted octanol–water partition coefficient (Wildman–Crippen LogP) is 5.06. The van der Waals surface area contributed by atoms with E-state index in [-0.39, 0.29) is 5.91 Å². The van der Waals surface area contributed by atoms with E-state index in [1.807, 2.05) is 61.5 Å². The Morgan fingerprint density at radius 1 is 1.07 bits per heavy atom. The Morgan fingerprint density at radius 3 is 2.63 bits per heavy atom. The number of hydrogen-bond acceptors (Lipinski definition) is 3. The van der Waals surface area contributed by atoms with E-state index in [1.54, 1.807) is 23.2 Å². The molecule has 138 valence electrons. The first-order chi connectivity index (χ1) is 13.2. The average Bonchev–Trinajstić information content (AvgIpc) is 2.70. The summed E-state index contributed by atoms with van der Waals surface area (Å²) in [6.07, 6.45) is 2.49. The van der Waals surface area contributed by atoms with Crippen molar-refractivity contribution in [3.8, 4) is 0 Å². The van der Waals surface area contributed by atoms with Gasteiger partial charge in [-0.25, -0.2) is 4.98 Å². The molecule has 1 N–H and O–H groups in total. The first kappa shape index (κ1) is 18.9. The Morgan fingerprint density at radius 2 is 1.89 bits per heavy atom. The Bertz CT molecular complexity index is 899. The molecule has 1 heterocycles. The Hall–Kier alpha value is -2.85. The van der Waals surface area contributed by atoms with E-state index < -0.39 is 0 Å². The van der Waals surface area contributed by atoms with Crippen molar-refractivity contribution in [2.75, 3.05) is 23.3 Å². The average molecular weight is 380 g/mol. The van der Waals surface area contributed by atoms with Crippen molar-refractivity contribution in [3.63, 3.8) is 0 Å². The Kier molecular flexibility index (Phi) is 6.44. The van der Waals surface area contributed by atoms with E-state index in [0.717, 1.165) is 22.7 Å². The molecule has 3 rings (SSSR count). The van der Waals surface area contributed by atoms with Gasteiger partial charge in [-0.05, 0) is 55.3 Å². The number of nitrogens with one attached hydrogen (secondary N) is 1. The van der Waals surface area contributed by atoms with E-state index in [1.165, 1.54) is 0 Å². The summed E-state index contributed by atoms with van der Waals surface area (Å²) in [5.74, 6) is 0.649. The van der Waals surface area contributed by atoms with Crippen LogP contribution in [0, 0.1) is 0 Å². The number of para-hydroxylation sites is 1. The summed E-state index contributed by atoms with van der Waals surface area (Å²) >= 11 is 6.02. The van der Waals surface area contributed by atoms with Crippen molar-refractivity contribution in [2.45, 2.75) is 13.3 Å². The van der Waals surface area contributed by atoms with Gasteiger partial charge in [0.2, 0.25) is 0 Å². The number of benzene rings is 2. The highest BCUT2D eigenvalue weighted by atomic mass is 35.5. The van der Waals surface area contributed by atoms with Crippen LogP contribution in [-0.2, 0) is 6.42 Å². The van der Waals surface area contributed by atoms with E-state index >= 15 is 0 Å². The third-order valence-corrected chi connectivity index (χ3v) is 4.48. The van der Waals surface area contributed by atoms with Gasteiger partial charge < -0.3 is 10.2 Å². The predicted molar refractivity (Wildman–Crippen MR) is 112 cm³/mol. The van der Waals surface area contributed by atoms with Crippen molar-refractivity contribution in [3.05, 3.63) is 89.1 Å². The van der Waals surface area contributed by atoms with Gasteiger partial charge in [-0.15, -0.1) is 0 Å². The van der Waals surface area contributed by atoms with Gasteiger partial charge in [0.05, 0.1) is 0 Å². The third-order valence-electron chi connectivity index (χ3n) is 4.24. The highest BCUT2D eigenvalue weighted by molar-refractivity contribution is 6.30. The van der Waals surface area contributed by atoms with Crippen LogP contribution in [0.4, 0.5) is 11.5 Å². The molecule has 0 radical (unpaired) electrons. The monoisotopic (exact) mass is 379 g/mol. The second-order valence-electron chi connectivity index (χ2n) is 6.12. The standard InChI is InChI=1S/C22H22ClN3O/c1-2-26(20-9-4-3-5-10-20)22(27)18-12-14-25-21(16-18)24-13-11-17-7-6-8-19(23)15-17/h3-10,12,14-16H,2,11,13H2,1H3,(H,24,25). The third kappa shape index (κ3) is 5.08. The molecule has 0 saturated heterocycles. The van der Waals surface area contributed by atoms with Crippen molar-refractivity contribution < 1.29 is 4.79 Å². The number of nitrogens with zero attached hydrogens (tertiary/aromatic N) is 2. The fourth-order valence-electron chi connectivity index (χ4n) is 2.89. The minimum atomic E-state index is -0.0380. The van der Waals surface area contributed by atoms with Gasteiger partial charge in [-0.2, -0.15) is 0 Å². The summed E-state index contributed by atoms with van der Waals surface area (Å²) < 4.78 is 0. The maximum atomic E-state index is 12.9. The number of hydrogen-bond donors (Lipinski definition) is 1. The number of carbonyl (C=O) groups is 1. The molecule has 0 aliphatic carbocycles. The number of halogens is 1.